The number of nitrogens with one attached hydrogen (secondary N) is 1. The number of halogens is 1. The first kappa shape index (κ1) is 12.4. The van der Waals surface area contributed by atoms with Gasteiger partial charge in [0.05, 0.1) is 0 Å². The van der Waals surface area contributed by atoms with Crippen molar-refractivity contribution in [2.24, 2.45) is 0 Å². The summed E-state index contributed by atoms with van der Waals surface area (Å²) in [5, 5.41) is 3.71. The van der Waals surface area contributed by atoms with Crippen molar-refractivity contribution >= 4 is 17.5 Å². The third-order valence-electron chi connectivity index (χ3n) is 3.07. The molecule has 92 valence electrons. The molecule has 0 bridgehead atoms. The smallest absolute Gasteiger partial charge is 0.251 e. The molecule has 1 aromatic rings. The summed E-state index contributed by atoms with van der Waals surface area (Å²) in [5.74, 6) is -0.0121. The SMILES string of the molecule is CN1CCC[C@@H](NC(=O)c2ccc(Cl)cc2)C1. The van der Waals surface area contributed by atoms with Crippen LogP contribution in [0.2, 0.25) is 5.02 Å². The lowest BCUT2D eigenvalue weighted by Crippen LogP contribution is -2.46. The minimum Gasteiger partial charge on any atom is -0.348 e. The standard InChI is InChI=1S/C13H17ClN2O/c1-16-8-2-3-12(9-16)15-13(17)10-4-6-11(14)7-5-10/h4-7,12H,2-3,8-9H2,1H3,(H,15,17)/t12-/m1/s1. The Morgan fingerprint density at radius 3 is 2.76 bits per heavy atom. The predicted molar refractivity (Wildman–Crippen MR) is 69.4 cm³/mol. The van der Waals surface area contributed by atoms with Crippen molar-refractivity contribution in [3.63, 3.8) is 0 Å². The lowest BCUT2D eigenvalue weighted by atomic mass is 10.1. The zero-order valence-corrected chi connectivity index (χ0v) is 10.7. The van der Waals surface area contributed by atoms with Crippen LogP contribution in [-0.2, 0) is 0 Å². The van der Waals surface area contributed by atoms with Crippen LogP contribution in [0.3, 0.4) is 0 Å². The van der Waals surface area contributed by atoms with Gasteiger partial charge < -0.3 is 10.2 Å². The van der Waals surface area contributed by atoms with E-state index in [9.17, 15) is 4.79 Å². The molecule has 1 fully saturated rings. The number of rotatable bonds is 2. The van der Waals surface area contributed by atoms with Gasteiger partial charge in [-0.1, -0.05) is 11.6 Å². The minimum atomic E-state index is -0.0121. The summed E-state index contributed by atoms with van der Waals surface area (Å²) in [6.07, 6.45) is 2.20. The molecule has 0 spiro atoms. The first-order valence-electron chi connectivity index (χ1n) is 5.90. The molecule has 0 radical (unpaired) electrons. The number of likely N-dealkylation sites (tertiary alicyclic amines) is 1. The molecule has 0 aliphatic carbocycles. The molecule has 1 aromatic carbocycles. The lowest BCUT2D eigenvalue weighted by Gasteiger charge is -2.30. The van der Waals surface area contributed by atoms with E-state index in [1.165, 1.54) is 0 Å². The van der Waals surface area contributed by atoms with Crippen LogP contribution in [-0.4, -0.2) is 37.0 Å². The summed E-state index contributed by atoms with van der Waals surface area (Å²) in [6, 6.07) is 7.25. The quantitative estimate of drug-likeness (QED) is 0.875. The van der Waals surface area contributed by atoms with Crippen molar-refractivity contribution in [1.82, 2.24) is 10.2 Å². The van der Waals surface area contributed by atoms with E-state index >= 15 is 0 Å². The monoisotopic (exact) mass is 252 g/mol. The molecule has 1 atom stereocenters. The molecule has 0 saturated carbocycles. The molecular weight excluding hydrogens is 236 g/mol. The highest BCUT2D eigenvalue weighted by atomic mass is 35.5. The summed E-state index contributed by atoms with van der Waals surface area (Å²) in [4.78, 5) is 14.2. The summed E-state index contributed by atoms with van der Waals surface area (Å²) < 4.78 is 0. The molecular formula is C13H17ClN2O. The van der Waals surface area contributed by atoms with E-state index in [-0.39, 0.29) is 11.9 Å². The Bertz CT molecular complexity index is 391. The third kappa shape index (κ3) is 3.45. The Hall–Kier alpha value is -1.06. The van der Waals surface area contributed by atoms with Gasteiger partial charge in [0.25, 0.3) is 5.91 Å². The number of nitrogens with zero attached hydrogens (tertiary/aromatic N) is 1. The van der Waals surface area contributed by atoms with E-state index in [4.69, 9.17) is 11.6 Å². The molecule has 0 aromatic heterocycles. The van der Waals surface area contributed by atoms with Crippen molar-refractivity contribution in [2.75, 3.05) is 20.1 Å². The van der Waals surface area contributed by atoms with Crippen molar-refractivity contribution in [3.8, 4) is 0 Å². The molecule has 1 amide bonds. The van der Waals surface area contributed by atoms with E-state index in [1.807, 2.05) is 0 Å². The molecule has 1 N–H and O–H groups in total. The van der Waals surface area contributed by atoms with Crippen molar-refractivity contribution < 1.29 is 4.79 Å². The maximum Gasteiger partial charge on any atom is 0.251 e. The highest BCUT2D eigenvalue weighted by Crippen LogP contribution is 2.11. The number of carbonyl (C=O) groups is 1. The van der Waals surface area contributed by atoms with E-state index in [1.54, 1.807) is 24.3 Å². The molecule has 1 aliphatic heterocycles. The first-order chi connectivity index (χ1) is 8.15. The molecule has 0 unspecified atom stereocenters. The van der Waals surface area contributed by atoms with E-state index in [0.717, 1.165) is 25.9 Å². The van der Waals surface area contributed by atoms with Gasteiger partial charge in [-0.05, 0) is 50.7 Å². The normalized spacial score (nSPS) is 21.2. The number of hydrogen-bond donors (Lipinski definition) is 1. The minimum absolute atomic E-state index is 0.0121. The Kier molecular flexibility index (Phi) is 4.02. The Balaban J connectivity index is 1.94. The molecule has 2 rings (SSSR count). The number of hydrogen-bond acceptors (Lipinski definition) is 2. The summed E-state index contributed by atoms with van der Waals surface area (Å²) in [6.45, 7) is 2.05. The van der Waals surface area contributed by atoms with Crippen LogP contribution in [0.1, 0.15) is 23.2 Å². The second kappa shape index (κ2) is 5.52. The Labute approximate surface area is 107 Å². The molecule has 1 saturated heterocycles. The van der Waals surface area contributed by atoms with Crippen LogP contribution in [0.25, 0.3) is 0 Å². The maximum absolute atomic E-state index is 12.0. The van der Waals surface area contributed by atoms with Crippen LogP contribution in [0.5, 0.6) is 0 Å². The maximum atomic E-state index is 12.0. The highest BCUT2D eigenvalue weighted by Gasteiger charge is 2.19. The van der Waals surface area contributed by atoms with Gasteiger partial charge in [0.15, 0.2) is 0 Å². The van der Waals surface area contributed by atoms with Gasteiger partial charge >= 0.3 is 0 Å². The van der Waals surface area contributed by atoms with E-state index < -0.39 is 0 Å². The van der Waals surface area contributed by atoms with Crippen LogP contribution < -0.4 is 5.32 Å². The largest absolute Gasteiger partial charge is 0.348 e. The zero-order chi connectivity index (χ0) is 12.3. The second-order valence-electron chi connectivity index (χ2n) is 4.58. The fourth-order valence-electron chi connectivity index (χ4n) is 2.15. The van der Waals surface area contributed by atoms with Crippen LogP contribution in [0.15, 0.2) is 24.3 Å². The van der Waals surface area contributed by atoms with Gasteiger partial charge in [0.2, 0.25) is 0 Å². The summed E-state index contributed by atoms with van der Waals surface area (Å²) in [5.41, 5.74) is 0.669. The number of benzene rings is 1. The van der Waals surface area contributed by atoms with Crippen LogP contribution in [0.4, 0.5) is 0 Å². The van der Waals surface area contributed by atoms with Crippen molar-refractivity contribution in [1.29, 1.82) is 0 Å². The van der Waals surface area contributed by atoms with E-state index in [2.05, 4.69) is 17.3 Å². The van der Waals surface area contributed by atoms with Crippen LogP contribution >= 0.6 is 11.6 Å². The molecule has 4 heteroatoms. The average molecular weight is 253 g/mol. The van der Waals surface area contributed by atoms with Gasteiger partial charge in [0, 0.05) is 23.2 Å². The second-order valence-corrected chi connectivity index (χ2v) is 5.02. The number of likely N-dealkylation sites (N-methyl/N-ethyl adjacent to an activating group) is 1. The predicted octanol–water partition coefficient (Wildman–Crippen LogP) is 2.16. The molecule has 17 heavy (non-hydrogen) atoms. The summed E-state index contributed by atoms with van der Waals surface area (Å²) >= 11 is 5.79. The fourth-order valence-corrected chi connectivity index (χ4v) is 2.28. The summed E-state index contributed by atoms with van der Waals surface area (Å²) in [7, 11) is 2.08. The van der Waals surface area contributed by atoms with Gasteiger partial charge in [-0.2, -0.15) is 0 Å². The molecule has 1 aliphatic rings. The van der Waals surface area contributed by atoms with Crippen molar-refractivity contribution in [3.05, 3.63) is 34.9 Å². The highest BCUT2D eigenvalue weighted by molar-refractivity contribution is 6.30. The average Bonchev–Trinajstić information content (AvgIpc) is 2.29. The van der Waals surface area contributed by atoms with Crippen LogP contribution in [0, 0.1) is 0 Å². The zero-order valence-electron chi connectivity index (χ0n) is 9.95. The van der Waals surface area contributed by atoms with Gasteiger partial charge in [-0.3, -0.25) is 4.79 Å². The fraction of sp³-hybridized carbons (Fsp3) is 0.462. The van der Waals surface area contributed by atoms with Gasteiger partial charge in [-0.15, -0.1) is 0 Å². The topological polar surface area (TPSA) is 32.3 Å². The molecule has 3 nitrogen and oxygen atoms in total. The Morgan fingerprint density at radius 2 is 2.12 bits per heavy atom. The number of piperidine rings is 1. The van der Waals surface area contributed by atoms with Crippen molar-refractivity contribution in [2.45, 2.75) is 18.9 Å². The number of amides is 1. The van der Waals surface area contributed by atoms with Gasteiger partial charge in [-0.25, -0.2) is 0 Å². The lowest BCUT2D eigenvalue weighted by molar-refractivity contribution is 0.0912. The van der Waals surface area contributed by atoms with Gasteiger partial charge in [0.1, 0.15) is 0 Å². The third-order valence-corrected chi connectivity index (χ3v) is 3.32. The van der Waals surface area contributed by atoms with E-state index in [0.29, 0.717) is 10.6 Å². The molecule has 1 heterocycles. The first-order valence-corrected chi connectivity index (χ1v) is 6.28. The number of carbonyl (C=O) groups excluding carboxylic acids is 1. The Morgan fingerprint density at radius 1 is 1.41 bits per heavy atom.